The molecular weight excluding hydrogens is 370 g/mol. The van der Waals surface area contributed by atoms with Crippen LogP contribution < -0.4 is 4.74 Å². The van der Waals surface area contributed by atoms with Gasteiger partial charge in [0.05, 0.1) is 43.3 Å². The summed E-state index contributed by atoms with van der Waals surface area (Å²) < 4.78 is 9.71. The van der Waals surface area contributed by atoms with E-state index in [9.17, 15) is 9.90 Å². The lowest BCUT2D eigenvalue weighted by Crippen LogP contribution is -2.24. The Morgan fingerprint density at radius 1 is 1.28 bits per heavy atom. The van der Waals surface area contributed by atoms with Crippen LogP contribution in [-0.2, 0) is 19.6 Å². The van der Waals surface area contributed by atoms with Crippen molar-refractivity contribution in [3.63, 3.8) is 0 Å². The number of nitrogens with zero attached hydrogens (tertiary/aromatic N) is 5. The van der Waals surface area contributed by atoms with E-state index in [2.05, 4.69) is 25.9 Å². The molecule has 1 aromatic carbocycles. The fraction of sp³-hybridized carbons (Fsp3) is 0.476. The largest absolute Gasteiger partial charge is 0.494 e. The first-order valence-corrected chi connectivity index (χ1v) is 10.1. The number of piperidine rings is 1. The summed E-state index contributed by atoms with van der Waals surface area (Å²) in [6, 6.07) is 3.25. The molecule has 0 amide bonds. The molecule has 1 N–H and O–H groups in total. The zero-order valence-corrected chi connectivity index (χ0v) is 16.7. The van der Waals surface area contributed by atoms with Crippen molar-refractivity contribution in [2.75, 3.05) is 20.2 Å². The number of methoxy groups -OCH3 is 1. The van der Waals surface area contributed by atoms with E-state index in [1.165, 1.54) is 6.42 Å². The van der Waals surface area contributed by atoms with Gasteiger partial charge < -0.3 is 19.0 Å². The molecular formula is C21H25N5O3. The van der Waals surface area contributed by atoms with Crippen molar-refractivity contribution >= 4 is 17.0 Å². The second-order valence-electron chi connectivity index (χ2n) is 8.09. The van der Waals surface area contributed by atoms with Crippen LogP contribution in [0.15, 0.2) is 24.7 Å². The van der Waals surface area contributed by atoms with E-state index in [1.54, 1.807) is 19.2 Å². The SMILES string of the molecule is CCn1cncc1Cn1c(CN2CC3CC3C2)nc2c(OC)cc(C(=O)O)cc21. The van der Waals surface area contributed by atoms with Crippen LogP contribution in [0.5, 0.6) is 5.75 Å². The Labute approximate surface area is 168 Å². The number of aromatic carboxylic acids is 1. The molecule has 0 bridgehead atoms. The number of hydrogen-bond donors (Lipinski definition) is 1. The van der Waals surface area contributed by atoms with Gasteiger partial charge in [-0.15, -0.1) is 0 Å². The zero-order chi connectivity index (χ0) is 20.1. The Hall–Kier alpha value is -2.87. The van der Waals surface area contributed by atoms with Gasteiger partial charge in [0.15, 0.2) is 0 Å². The highest BCUT2D eigenvalue weighted by atomic mass is 16.5. The highest BCUT2D eigenvalue weighted by Crippen LogP contribution is 2.45. The van der Waals surface area contributed by atoms with Gasteiger partial charge in [-0.05, 0) is 37.3 Å². The number of carbonyl (C=O) groups is 1. The topological polar surface area (TPSA) is 85.4 Å². The predicted molar refractivity (Wildman–Crippen MR) is 107 cm³/mol. The molecule has 8 heteroatoms. The minimum atomic E-state index is -0.974. The van der Waals surface area contributed by atoms with Crippen LogP contribution in [-0.4, -0.2) is 55.3 Å². The fourth-order valence-electron chi connectivity index (χ4n) is 4.57. The number of aryl methyl sites for hydroxylation is 1. The minimum absolute atomic E-state index is 0.202. The molecule has 2 unspecified atom stereocenters. The maximum atomic E-state index is 11.7. The molecule has 1 aliphatic carbocycles. The molecule has 2 aromatic heterocycles. The number of carboxylic acid groups (broad SMARTS) is 1. The molecule has 1 saturated carbocycles. The summed E-state index contributed by atoms with van der Waals surface area (Å²) in [4.78, 5) is 23.3. The highest BCUT2D eigenvalue weighted by molar-refractivity contribution is 5.95. The second-order valence-corrected chi connectivity index (χ2v) is 8.09. The number of imidazole rings is 2. The standard InChI is InChI=1S/C21H25N5O3/c1-3-25-12-22-7-16(25)10-26-17-5-13(21(27)28)6-18(29-2)20(17)23-19(26)11-24-8-14-4-15(14)9-24/h5-7,12,14-15H,3-4,8-11H2,1-2H3,(H,27,28). The molecule has 29 heavy (non-hydrogen) atoms. The van der Waals surface area contributed by atoms with E-state index < -0.39 is 5.97 Å². The van der Waals surface area contributed by atoms with E-state index in [0.29, 0.717) is 17.8 Å². The molecule has 5 rings (SSSR count). The van der Waals surface area contributed by atoms with E-state index >= 15 is 0 Å². The summed E-state index contributed by atoms with van der Waals surface area (Å²) in [6.07, 6.45) is 5.05. The first kappa shape index (κ1) is 18.2. The molecule has 1 saturated heterocycles. The zero-order valence-electron chi connectivity index (χ0n) is 16.7. The summed E-state index contributed by atoms with van der Waals surface area (Å²) in [5.41, 5.74) is 2.76. The van der Waals surface area contributed by atoms with E-state index in [-0.39, 0.29) is 5.56 Å². The van der Waals surface area contributed by atoms with Crippen molar-refractivity contribution in [2.24, 2.45) is 11.8 Å². The molecule has 2 atom stereocenters. The van der Waals surface area contributed by atoms with Crippen molar-refractivity contribution in [3.05, 3.63) is 41.7 Å². The molecule has 1 aliphatic heterocycles. The van der Waals surface area contributed by atoms with Crippen LogP contribution in [0, 0.1) is 11.8 Å². The lowest BCUT2D eigenvalue weighted by atomic mass is 10.2. The van der Waals surface area contributed by atoms with E-state index in [4.69, 9.17) is 9.72 Å². The van der Waals surface area contributed by atoms with Crippen molar-refractivity contribution in [1.82, 2.24) is 24.0 Å². The summed E-state index contributed by atoms with van der Waals surface area (Å²) in [7, 11) is 1.55. The Morgan fingerprint density at radius 2 is 2.07 bits per heavy atom. The van der Waals surface area contributed by atoms with Crippen LogP contribution in [0.25, 0.3) is 11.0 Å². The molecule has 3 aromatic rings. The third-order valence-electron chi connectivity index (χ3n) is 6.24. The number of benzene rings is 1. The maximum absolute atomic E-state index is 11.7. The molecule has 8 nitrogen and oxygen atoms in total. The highest BCUT2D eigenvalue weighted by Gasteiger charge is 2.45. The Kier molecular flexibility index (Phi) is 4.31. The summed E-state index contributed by atoms with van der Waals surface area (Å²) in [5, 5.41) is 9.56. The summed E-state index contributed by atoms with van der Waals surface area (Å²) >= 11 is 0. The normalized spacial score (nSPS) is 20.9. The third-order valence-corrected chi connectivity index (χ3v) is 6.24. The van der Waals surface area contributed by atoms with Gasteiger partial charge in [0.2, 0.25) is 0 Å². The first-order chi connectivity index (χ1) is 14.1. The molecule has 0 spiro atoms. The van der Waals surface area contributed by atoms with Gasteiger partial charge in [0, 0.05) is 25.8 Å². The Bertz CT molecular complexity index is 1080. The van der Waals surface area contributed by atoms with Crippen molar-refractivity contribution < 1.29 is 14.6 Å². The number of carboxylic acids is 1. The molecule has 0 radical (unpaired) electrons. The molecule has 3 heterocycles. The van der Waals surface area contributed by atoms with Gasteiger partial charge in [0.1, 0.15) is 17.1 Å². The van der Waals surface area contributed by atoms with E-state index in [0.717, 1.165) is 55.0 Å². The van der Waals surface area contributed by atoms with Gasteiger partial charge in [-0.3, -0.25) is 4.90 Å². The second kappa shape index (κ2) is 6.88. The molecule has 2 fully saturated rings. The molecule has 152 valence electrons. The van der Waals surface area contributed by atoms with Crippen LogP contribution in [0.1, 0.15) is 35.2 Å². The van der Waals surface area contributed by atoms with Crippen LogP contribution in [0.4, 0.5) is 0 Å². The minimum Gasteiger partial charge on any atom is -0.494 e. The van der Waals surface area contributed by atoms with Crippen molar-refractivity contribution in [2.45, 2.75) is 33.0 Å². The number of ether oxygens (including phenoxy) is 1. The van der Waals surface area contributed by atoms with Gasteiger partial charge in [0.25, 0.3) is 0 Å². The summed E-state index contributed by atoms with van der Waals surface area (Å²) in [5.74, 6) is 2.15. The van der Waals surface area contributed by atoms with Gasteiger partial charge in [-0.1, -0.05) is 0 Å². The van der Waals surface area contributed by atoms with E-state index in [1.807, 2.05) is 12.5 Å². The van der Waals surface area contributed by atoms with Crippen molar-refractivity contribution in [1.29, 1.82) is 0 Å². The van der Waals surface area contributed by atoms with Crippen LogP contribution in [0.2, 0.25) is 0 Å². The number of hydrogen-bond acceptors (Lipinski definition) is 5. The monoisotopic (exact) mass is 395 g/mol. The Balaban J connectivity index is 1.61. The van der Waals surface area contributed by atoms with Gasteiger partial charge >= 0.3 is 5.97 Å². The Morgan fingerprint density at radius 3 is 2.76 bits per heavy atom. The number of likely N-dealkylation sites (tertiary alicyclic amines) is 1. The third kappa shape index (κ3) is 3.17. The molecule has 2 aliphatic rings. The number of rotatable bonds is 7. The average Bonchev–Trinajstić information content (AvgIpc) is 3.06. The van der Waals surface area contributed by atoms with Gasteiger partial charge in [-0.2, -0.15) is 0 Å². The predicted octanol–water partition coefficient (Wildman–Crippen LogP) is 2.46. The van der Waals surface area contributed by atoms with Crippen LogP contribution in [0.3, 0.4) is 0 Å². The smallest absolute Gasteiger partial charge is 0.335 e. The quantitative estimate of drug-likeness (QED) is 0.661. The van der Waals surface area contributed by atoms with Crippen molar-refractivity contribution in [3.8, 4) is 5.75 Å². The maximum Gasteiger partial charge on any atom is 0.335 e. The number of fused-ring (bicyclic) bond motifs is 2. The fourth-order valence-corrected chi connectivity index (χ4v) is 4.57. The van der Waals surface area contributed by atoms with Crippen LogP contribution >= 0.6 is 0 Å². The lowest BCUT2D eigenvalue weighted by molar-refractivity contribution is 0.0696. The first-order valence-electron chi connectivity index (χ1n) is 10.1. The average molecular weight is 395 g/mol. The lowest BCUT2D eigenvalue weighted by Gasteiger charge is -2.18. The van der Waals surface area contributed by atoms with Gasteiger partial charge in [-0.25, -0.2) is 14.8 Å². The summed E-state index contributed by atoms with van der Waals surface area (Å²) in [6.45, 7) is 6.51. The number of aromatic nitrogens is 4.